The number of hydrogen-bond acceptors (Lipinski definition) is 3. The van der Waals surface area contributed by atoms with E-state index in [9.17, 15) is 4.79 Å². The molecule has 1 aromatic heterocycles. The molecular formula is C18H17N3OS. The van der Waals surface area contributed by atoms with Crippen LogP contribution < -0.4 is 10.2 Å². The summed E-state index contributed by atoms with van der Waals surface area (Å²) in [5.41, 5.74) is 3.23. The Morgan fingerprint density at radius 2 is 2.04 bits per heavy atom. The predicted molar refractivity (Wildman–Crippen MR) is 93.9 cm³/mol. The van der Waals surface area contributed by atoms with Crippen LogP contribution in [0.25, 0.3) is 10.2 Å². The van der Waals surface area contributed by atoms with Crippen LogP contribution >= 0.6 is 11.3 Å². The number of hydrogen-bond donors (Lipinski definition) is 1. The zero-order valence-electron chi connectivity index (χ0n) is 12.8. The molecule has 2 heterocycles. The van der Waals surface area contributed by atoms with Gasteiger partial charge in [0.2, 0.25) is 0 Å². The molecular weight excluding hydrogens is 306 g/mol. The molecule has 23 heavy (non-hydrogen) atoms. The molecule has 0 radical (unpaired) electrons. The topological polar surface area (TPSA) is 45.2 Å². The molecule has 3 aromatic rings. The number of fused-ring (bicyclic) bond motifs is 2. The summed E-state index contributed by atoms with van der Waals surface area (Å²) in [6.45, 7) is 2.54. The van der Waals surface area contributed by atoms with E-state index < -0.39 is 0 Å². The summed E-state index contributed by atoms with van der Waals surface area (Å²) >= 11 is 1.62. The van der Waals surface area contributed by atoms with Crippen molar-refractivity contribution in [1.82, 2.24) is 10.3 Å². The van der Waals surface area contributed by atoms with E-state index in [4.69, 9.17) is 0 Å². The van der Waals surface area contributed by atoms with Gasteiger partial charge in [-0.15, -0.1) is 11.3 Å². The maximum Gasteiger partial charge on any atom is 0.322 e. The zero-order chi connectivity index (χ0) is 15.8. The van der Waals surface area contributed by atoms with E-state index in [0.29, 0.717) is 6.54 Å². The maximum atomic E-state index is 12.6. The minimum absolute atomic E-state index is 0.0540. The molecule has 1 aliphatic heterocycles. The number of carbonyl (C=O) groups is 1. The van der Waals surface area contributed by atoms with Crippen molar-refractivity contribution in [2.24, 2.45) is 0 Å². The Bertz CT molecular complexity index is 840. The highest BCUT2D eigenvalue weighted by molar-refractivity contribution is 7.18. The van der Waals surface area contributed by atoms with Crippen LogP contribution in [-0.2, 0) is 13.0 Å². The molecule has 1 aliphatic rings. The Labute approximate surface area is 138 Å². The molecule has 5 heteroatoms. The number of amides is 2. The average Bonchev–Trinajstić information content (AvgIpc) is 3.12. The van der Waals surface area contributed by atoms with Crippen molar-refractivity contribution < 1.29 is 4.79 Å². The highest BCUT2D eigenvalue weighted by Gasteiger charge is 2.30. The van der Waals surface area contributed by atoms with E-state index in [1.54, 1.807) is 11.3 Å². The van der Waals surface area contributed by atoms with Crippen LogP contribution in [-0.4, -0.2) is 17.1 Å². The summed E-state index contributed by atoms with van der Waals surface area (Å²) in [6, 6.07) is 16.3. The van der Waals surface area contributed by atoms with Gasteiger partial charge >= 0.3 is 6.03 Å². The predicted octanol–water partition coefficient (Wildman–Crippen LogP) is 3.96. The van der Waals surface area contributed by atoms with E-state index in [1.165, 1.54) is 5.56 Å². The van der Waals surface area contributed by atoms with Crippen LogP contribution in [0.1, 0.15) is 17.5 Å². The van der Waals surface area contributed by atoms with E-state index in [2.05, 4.69) is 29.4 Å². The van der Waals surface area contributed by atoms with Gasteiger partial charge in [-0.2, -0.15) is 0 Å². The van der Waals surface area contributed by atoms with Crippen molar-refractivity contribution in [3.63, 3.8) is 0 Å². The van der Waals surface area contributed by atoms with Crippen molar-refractivity contribution >= 4 is 33.3 Å². The van der Waals surface area contributed by atoms with Gasteiger partial charge < -0.3 is 5.32 Å². The second-order valence-corrected chi connectivity index (χ2v) is 6.90. The third-order valence-electron chi connectivity index (χ3n) is 4.16. The van der Waals surface area contributed by atoms with Gasteiger partial charge in [0.1, 0.15) is 5.01 Å². The summed E-state index contributed by atoms with van der Waals surface area (Å²) in [5, 5.41) is 3.94. The van der Waals surface area contributed by atoms with Gasteiger partial charge in [0.25, 0.3) is 0 Å². The number of urea groups is 1. The van der Waals surface area contributed by atoms with Crippen LogP contribution in [0, 0.1) is 0 Å². The van der Waals surface area contributed by atoms with E-state index in [0.717, 1.165) is 27.3 Å². The molecule has 1 N–H and O–H groups in total. The summed E-state index contributed by atoms with van der Waals surface area (Å²) in [6.07, 6.45) is 0.907. The van der Waals surface area contributed by atoms with Gasteiger partial charge in [-0.05, 0) is 37.1 Å². The zero-order valence-corrected chi connectivity index (χ0v) is 13.6. The molecule has 0 aliphatic carbocycles. The van der Waals surface area contributed by atoms with Crippen LogP contribution in [0.4, 0.5) is 10.5 Å². The second-order valence-electron chi connectivity index (χ2n) is 5.79. The minimum Gasteiger partial charge on any atom is -0.331 e. The first-order valence-electron chi connectivity index (χ1n) is 7.72. The molecule has 4 rings (SSSR count). The lowest BCUT2D eigenvalue weighted by atomic mass is 10.1. The lowest BCUT2D eigenvalue weighted by molar-refractivity contribution is 0.244. The monoisotopic (exact) mass is 323 g/mol. The number of benzene rings is 2. The fraction of sp³-hybridized carbons (Fsp3) is 0.222. The molecule has 1 atom stereocenters. The molecule has 0 bridgehead atoms. The average molecular weight is 323 g/mol. The van der Waals surface area contributed by atoms with Gasteiger partial charge in [-0.3, -0.25) is 4.90 Å². The number of aromatic nitrogens is 1. The number of thiazole rings is 1. The number of nitrogens with one attached hydrogen (secondary N) is 1. The molecule has 0 saturated carbocycles. The number of rotatable bonds is 2. The third-order valence-corrected chi connectivity index (χ3v) is 5.19. The number of para-hydroxylation sites is 2. The quantitative estimate of drug-likeness (QED) is 0.776. The van der Waals surface area contributed by atoms with E-state index >= 15 is 0 Å². The molecule has 0 fully saturated rings. The van der Waals surface area contributed by atoms with Crippen molar-refractivity contribution in [3.8, 4) is 0 Å². The van der Waals surface area contributed by atoms with Crippen molar-refractivity contribution in [3.05, 3.63) is 59.1 Å². The summed E-state index contributed by atoms with van der Waals surface area (Å²) in [5.74, 6) is 0. The first-order chi connectivity index (χ1) is 11.2. The Balaban J connectivity index is 1.50. The second kappa shape index (κ2) is 5.66. The fourth-order valence-electron chi connectivity index (χ4n) is 3.11. The summed E-state index contributed by atoms with van der Waals surface area (Å²) < 4.78 is 1.15. The minimum atomic E-state index is -0.0540. The van der Waals surface area contributed by atoms with Crippen LogP contribution in [0.15, 0.2) is 48.5 Å². The van der Waals surface area contributed by atoms with E-state index in [1.807, 2.05) is 41.3 Å². The third kappa shape index (κ3) is 2.57. The Morgan fingerprint density at radius 1 is 1.26 bits per heavy atom. The van der Waals surface area contributed by atoms with Gasteiger partial charge in [-0.1, -0.05) is 30.3 Å². The van der Waals surface area contributed by atoms with Gasteiger partial charge in [-0.25, -0.2) is 9.78 Å². The first-order valence-corrected chi connectivity index (χ1v) is 8.53. The summed E-state index contributed by atoms with van der Waals surface area (Å²) in [7, 11) is 0. The molecule has 2 aromatic carbocycles. The Morgan fingerprint density at radius 3 is 2.91 bits per heavy atom. The van der Waals surface area contributed by atoms with Crippen LogP contribution in [0.5, 0.6) is 0 Å². The Hall–Kier alpha value is -2.40. The molecule has 116 valence electrons. The van der Waals surface area contributed by atoms with Crippen LogP contribution in [0.2, 0.25) is 0 Å². The van der Waals surface area contributed by atoms with Gasteiger partial charge in [0.15, 0.2) is 0 Å². The summed E-state index contributed by atoms with van der Waals surface area (Å²) in [4.78, 5) is 19.0. The molecule has 1 unspecified atom stereocenters. The lowest BCUT2D eigenvalue weighted by Crippen LogP contribution is -2.42. The Kier molecular flexibility index (Phi) is 3.50. The number of nitrogens with zero attached hydrogens (tertiary/aromatic N) is 2. The molecule has 0 spiro atoms. The number of carbonyl (C=O) groups excluding carboxylic acids is 1. The molecule has 2 amide bonds. The largest absolute Gasteiger partial charge is 0.331 e. The van der Waals surface area contributed by atoms with Gasteiger partial charge in [0.05, 0.1) is 16.8 Å². The highest BCUT2D eigenvalue weighted by atomic mass is 32.1. The van der Waals surface area contributed by atoms with Crippen molar-refractivity contribution in [1.29, 1.82) is 0 Å². The number of anilines is 1. The molecule has 0 saturated heterocycles. The van der Waals surface area contributed by atoms with Crippen molar-refractivity contribution in [2.75, 3.05) is 4.90 Å². The standard InChI is InChI=1S/C18H17N3OS/c1-12-10-13-6-2-4-8-15(13)21(12)18(22)19-11-17-20-14-7-3-5-9-16(14)23-17/h2-9,12H,10-11H2,1H3,(H,19,22). The SMILES string of the molecule is CC1Cc2ccccc2N1C(=O)NCc1nc2ccccc2s1. The maximum absolute atomic E-state index is 12.6. The molecule has 4 nitrogen and oxygen atoms in total. The first kappa shape index (κ1) is 14.2. The van der Waals surface area contributed by atoms with Crippen molar-refractivity contribution in [2.45, 2.75) is 25.9 Å². The smallest absolute Gasteiger partial charge is 0.322 e. The van der Waals surface area contributed by atoms with Crippen LogP contribution in [0.3, 0.4) is 0 Å². The lowest BCUT2D eigenvalue weighted by Gasteiger charge is -2.22. The van der Waals surface area contributed by atoms with Gasteiger partial charge in [0, 0.05) is 11.7 Å². The highest BCUT2D eigenvalue weighted by Crippen LogP contribution is 2.31. The normalized spacial score (nSPS) is 16.6. The fourth-order valence-corrected chi connectivity index (χ4v) is 4.01. The van der Waals surface area contributed by atoms with E-state index in [-0.39, 0.29) is 12.1 Å².